The summed E-state index contributed by atoms with van der Waals surface area (Å²) in [6.45, 7) is 5.79. The molecule has 0 aromatic heterocycles. The van der Waals surface area contributed by atoms with E-state index in [0.29, 0.717) is 31.2 Å². The number of hydrogen-bond acceptors (Lipinski definition) is 4. The molecule has 0 bridgehead atoms. The lowest BCUT2D eigenvalue weighted by molar-refractivity contribution is 0.0953. The van der Waals surface area contributed by atoms with Gasteiger partial charge in [0.05, 0.1) is 4.90 Å². The number of halogens is 1. The smallest absolute Gasteiger partial charge is 0.251 e. The Morgan fingerprint density at radius 2 is 1.57 bits per heavy atom. The van der Waals surface area contributed by atoms with Crippen LogP contribution in [0.25, 0.3) is 0 Å². The summed E-state index contributed by atoms with van der Waals surface area (Å²) in [7, 11) is -3.49. The average molecular weight is 432 g/mol. The lowest BCUT2D eigenvalue weighted by Gasteiger charge is -2.18. The summed E-state index contributed by atoms with van der Waals surface area (Å²) in [4.78, 5) is 12.5. The molecule has 2 N–H and O–H groups in total. The molecule has 1 aromatic carbocycles. The van der Waals surface area contributed by atoms with Gasteiger partial charge >= 0.3 is 0 Å². The van der Waals surface area contributed by atoms with Crippen LogP contribution < -0.4 is 10.6 Å². The van der Waals surface area contributed by atoms with Crippen LogP contribution in [0.4, 0.5) is 0 Å². The molecule has 8 heteroatoms. The van der Waals surface area contributed by atoms with Crippen LogP contribution in [0.5, 0.6) is 0 Å². The SMILES string of the molecule is CCN(CC)S(=O)(=O)c1ccc(C(=O)NCCNC2CCCCCC2)cc1.Cl. The Balaban J connectivity index is 0.00000392. The van der Waals surface area contributed by atoms with Crippen LogP contribution >= 0.6 is 12.4 Å². The van der Waals surface area contributed by atoms with Crippen LogP contribution in [0.3, 0.4) is 0 Å². The molecule has 160 valence electrons. The molecular formula is C20H34ClN3O3S. The number of sulfonamides is 1. The van der Waals surface area contributed by atoms with E-state index in [1.165, 1.54) is 55.0 Å². The molecule has 1 amide bonds. The molecule has 0 heterocycles. The number of nitrogens with zero attached hydrogens (tertiary/aromatic N) is 1. The van der Waals surface area contributed by atoms with Crippen molar-refractivity contribution in [2.45, 2.75) is 63.3 Å². The third kappa shape index (κ3) is 7.03. The Labute approximate surface area is 175 Å². The first-order valence-corrected chi connectivity index (χ1v) is 11.5. The lowest BCUT2D eigenvalue weighted by atomic mass is 10.1. The first kappa shape index (κ1) is 24.9. The molecule has 1 fully saturated rings. The van der Waals surface area contributed by atoms with Gasteiger partial charge in [0, 0.05) is 37.8 Å². The Morgan fingerprint density at radius 3 is 2.11 bits per heavy atom. The van der Waals surface area contributed by atoms with E-state index in [9.17, 15) is 13.2 Å². The fraction of sp³-hybridized carbons (Fsp3) is 0.650. The van der Waals surface area contributed by atoms with E-state index in [1.807, 2.05) is 13.8 Å². The van der Waals surface area contributed by atoms with E-state index in [-0.39, 0.29) is 23.2 Å². The summed E-state index contributed by atoms with van der Waals surface area (Å²) in [6, 6.07) is 6.72. The predicted molar refractivity (Wildman–Crippen MR) is 116 cm³/mol. The van der Waals surface area contributed by atoms with Gasteiger partial charge in [-0.05, 0) is 37.1 Å². The summed E-state index contributed by atoms with van der Waals surface area (Å²) >= 11 is 0. The van der Waals surface area contributed by atoms with Crippen LogP contribution in [0.15, 0.2) is 29.2 Å². The zero-order valence-electron chi connectivity index (χ0n) is 16.9. The van der Waals surface area contributed by atoms with Gasteiger partial charge in [0.15, 0.2) is 0 Å². The third-order valence-corrected chi connectivity index (χ3v) is 7.22. The third-order valence-electron chi connectivity index (χ3n) is 5.16. The van der Waals surface area contributed by atoms with Crippen LogP contribution in [-0.2, 0) is 10.0 Å². The summed E-state index contributed by atoms with van der Waals surface area (Å²) in [5.74, 6) is -0.176. The quantitative estimate of drug-likeness (QED) is 0.465. The summed E-state index contributed by atoms with van der Waals surface area (Å²) in [6.07, 6.45) is 7.66. The molecule has 1 aliphatic carbocycles. The first-order valence-electron chi connectivity index (χ1n) is 10.1. The zero-order chi connectivity index (χ0) is 19.7. The predicted octanol–water partition coefficient (Wildman–Crippen LogP) is 3.18. The second kappa shape index (κ2) is 12.4. The van der Waals surface area contributed by atoms with Crippen molar-refractivity contribution in [3.63, 3.8) is 0 Å². The van der Waals surface area contributed by atoms with Crippen molar-refractivity contribution in [1.29, 1.82) is 0 Å². The van der Waals surface area contributed by atoms with E-state index in [0.717, 1.165) is 6.54 Å². The van der Waals surface area contributed by atoms with Crippen molar-refractivity contribution in [1.82, 2.24) is 14.9 Å². The second-order valence-electron chi connectivity index (χ2n) is 7.01. The van der Waals surface area contributed by atoms with Crippen LogP contribution in [0, 0.1) is 0 Å². The van der Waals surface area contributed by atoms with Gasteiger partial charge in [-0.2, -0.15) is 4.31 Å². The normalized spacial score (nSPS) is 15.7. The molecule has 0 aliphatic heterocycles. The van der Waals surface area contributed by atoms with Crippen molar-refractivity contribution in [3.8, 4) is 0 Å². The van der Waals surface area contributed by atoms with Crippen molar-refractivity contribution in [3.05, 3.63) is 29.8 Å². The number of amides is 1. The highest BCUT2D eigenvalue weighted by atomic mass is 35.5. The minimum Gasteiger partial charge on any atom is -0.351 e. The number of benzene rings is 1. The molecule has 1 saturated carbocycles. The van der Waals surface area contributed by atoms with Crippen molar-refractivity contribution < 1.29 is 13.2 Å². The number of carbonyl (C=O) groups excluding carboxylic acids is 1. The van der Waals surface area contributed by atoms with Gasteiger partial charge in [0.1, 0.15) is 0 Å². The van der Waals surface area contributed by atoms with Crippen LogP contribution in [-0.4, -0.2) is 50.9 Å². The zero-order valence-corrected chi connectivity index (χ0v) is 18.6. The van der Waals surface area contributed by atoms with Crippen molar-refractivity contribution >= 4 is 28.3 Å². The molecule has 1 aliphatic rings. The fourth-order valence-corrected chi connectivity index (χ4v) is 4.99. The summed E-state index contributed by atoms with van der Waals surface area (Å²) in [5, 5.41) is 6.42. The van der Waals surface area contributed by atoms with Gasteiger partial charge in [0.2, 0.25) is 10.0 Å². The maximum absolute atomic E-state index is 12.5. The van der Waals surface area contributed by atoms with E-state index in [1.54, 1.807) is 12.1 Å². The van der Waals surface area contributed by atoms with Gasteiger partial charge < -0.3 is 10.6 Å². The molecule has 2 rings (SSSR count). The molecule has 0 atom stereocenters. The average Bonchev–Trinajstić information content (AvgIpc) is 2.95. The number of carbonyl (C=O) groups is 1. The van der Waals surface area contributed by atoms with E-state index in [2.05, 4.69) is 10.6 Å². The fourth-order valence-electron chi connectivity index (χ4n) is 3.53. The molecule has 1 aromatic rings. The topological polar surface area (TPSA) is 78.5 Å². The molecule has 28 heavy (non-hydrogen) atoms. The Morgan fingerprint density at radius 1 is 1.00 bits per heavy atom. The van der Waals surface area contributed by atoms with Gasteiger partial charge in [-0.25, -0.2) is 8.42 Å². The van der Waals surface area contributed by atoms with Crippen LogP contribution in [0.2, 0.25) is 0 Å². The summed E-state index contributed by atoms with van der Waals surface area (Å²) in [5.41, 5.74) is 0.475. The summed E-state index contributed by atoms with van der Waals surface area (Å²) < 4.78 is 26.4. The van der Waals surface area contributed by atoms with Crippen LogP contribution in [0.1, 0.15) is 62.7 Å². The minimum absolute atomic E-state index is 0. The number of rotatable bonds is 9. The van der Waals surface area contributed by atoms with Gasteiger partial charge in [0.25, 0.3) is 5.91 Å². The van der Waals surface area contributed by atoms with Crippen molar-refractivity contribution in [2.75, 3.05) is 26.2 Å². The maximum atomic E-state index is 12.5. The van der Waals surface area contributed by atoms with Gasteiger partial charge in [-0.15, -0.1) is 12.4 Å². The Hall–Kier alpha value is -1.15. The first-order chi connectivity index (χ1) is 13.0. The highest BCUT2D eigenvalue weighted by molar-refractivity contribution is 7.89. The lowest BCUT2D eigenvalue weighted by Crippen LogP contribution is -2.36. The maximum Gasteiger partial charge on any atom is 0.251 e. The van der Waals surface area contributed by atoms with E-state index < -0.39 is 10.0 Å². The molecule has 6 nitrogen and oxygen atoms in total. The van der Waals surface area contributed by atoms with E-state index in [4.69, 9.17) is 0 Å². The highest BCUT2D eigenvalue weighted by Gasteiger charge is 2.21. The molecular weight excluding hydrogens is 398 g/mol. The molecule has 0 radical (unpaired) electrons. The highest BCUT2D eigenvalue weighted by Crippen LogP contribution is 2.17. The standard InChI is InChI=1S/C20H33N3O3S.ClH/c1-3-23(4-2)27(25,26)19-13-11-17(12-14-19)20(24)22-16-15-21-18-9-7-5-6-8-10-18;/h11-14,18,21H,3-10,15-16H2,1-2H3,(H,22,24);1H. The molecule has 0 unspecified atom stereocenters. The number of hydrogen-bond donors (Lipinski definition) is 2. The number of nitrogens with one attached hydrogen (secondary N) is 2. The van der Waals surface area contributed by atoms with Crippen molar-refractivity contribution in [2.24, 2.45) is 0 Å². The Kier molecular flexibility index (Phi) is 11.0. The van der Waals surface area contributed by atoms with Gasteiger partial charge in [-0.3, -0.25) is 4.79 Å². The molecule has 0 spiro atoms. The minimum atomic E-state index is -3.49. The monoisotopic (exact) mass is 431 g/mol. The van der Waals surface area contributed by atoms with Gasteiger partial charge in [-0.1, -0.05) is 39.5 Å². The largest absolute Gasteiger partial charge is 0.351 e. The van der Waals surface area contributed by atoms with E-state index >= 15 is 0 Å². The Bertz CT molecular complexity index is 683. The molecule has 0 saturated heterocycles. The second-order valence-corrected chi connectivity index (χ2v) is 8.95.